The van der Waals surface area contributed by atoms with Crippen molar-refractivity contribution in [2.24, 2.45) is 0 Å². The third-order valence-corrected chi connectivity index (χ3v) is 2.51. The van der Waals surface area contributed by atoms with E-state index in [1.807, 2.05) is 24.3 Å². The van der Waals surface area contributed by atoms with Crippen LogP contribution in [0.15, 0.2) is 24.3 Å². The third kappa shape index (κ3) is 4.10. The Labute approximate surface area is 99.8 Å². The van der Waals surface area contributed by atoms with E-state index in [4.69, 9.17) is 23.2 Å². The Kier molecular flexibility index (Phi) is 4.92. The molecule has 0 bridgehead atoms. The molecule has 0 saturated carbocycles. The summed E-state index contributed by atoms with van der Waals surface area (Å²) >= 11 is 11.3. The summed E-state index contributed by atoms with van der Waals surface area (Å²) in [6, 6.07) is 7.45. The van der Waals surface area contributed by atoms with E-state index in [-0.39, 0.29) is 5.91 Å². The van der Waals surface area contributed by atoms with E-state index >= 15 is 0 Å². The Morgan fingerprint density at radius 1 is 1.33 bits per heavy atom. The van der Waals surface area contributed by atoms with Gasteiger partial charge in [0, 0.05) is 30.9 Å². The normalized spacial score (nSPS) is 10.1. The van der Waals surface area contributed by atoms with Crippen LogP contribution in [0.2, 0.25) is 5.02 Å². The van der Waals surface area contributed by atoms with Gasteiger partial charge in [0.15, 0.2) is 0 Å². The van der Waals surface area contributed by atoms with Gasteiger partial charge in [-0.3, -0.25) is 4.79 Å². The molecule has 4 heteroatoms. The van der Waals surface area contributed by atoms with Gasteiger partial charge in [0.05, 0.1) is 0 Å². The lowest BCUT2D eigenvalue weighted by Gasteiger charge is -2.16. The van der Waals surface area contributed by atoms with Gasteiger partial charge in [-0.1, -0.05) is 23.7 Å². The minimum atomic E-state index is 0.0555. The van der Waals surface area contributed by atoms with E-state index in [1.165, 1.54) is 0 Å². The number of alkyl halides is 1. The van der Waals surface area contributed by atoms with Crippen molar-refractivity contribution in [2.45, 2.75) is 13.0 Å². The second-order valence-electron chi connectivity index (χ2n) is 3.32. The van der Waals surface area contributed by atoms with Gasteiger partial charge >= 0.3 is 0 Å². The first kappa shape index (κ1) is 12.3. The first-order valence-corrected chi connectivity index (χ1v) is 5.59. The highest BCUT2D eigenvalue weighted by molar-refractivity contribution is 6.30. The van der Waals surface area contributed by atoms with Gasteiger partial charge in [0.25, 0.3) is 0 Å². The lowest BCUT2D eigenvalue weighted by atomic mass is 10.2. The Hall–Kier alpha value is -0.730. The summed E-state index contributed by atoms with van der Waals surface area (Å²) in [5.41, 5.74) is 1.06. The molecule has 0 saturated heterocycles. The fourth-order valence-corrected chi connectivity index (χ4v) is 1.51. The average Bonchev–Trinajstić information content (AvgIpc) is 2.22. The van der Waals surface area contributed by atoms with Gasteiger partial charge in [-0.25, -0.2) is 0 Å². The topological polar surface area (TPSA) is 20.3 Å². The van der Waals surface area contributed by atoms with E-state index in [0.717, 1.165) is 5.56 Å². The minimum Gasteiger partial charge on any atom is -0.341 e. The predicted molar refractivity (Wildman–Crippen MR) is 63.3 cm³/mol. The highest BCUT2D eigenvalue weighted by atomic mass is 35.5. The smallest absolute Gasteiger partial charge is 0.223 e. The monoisotopic (exact) mass is 245 g/mol. The summed E-state index contributed by atoms with van der Waals surface area (Å²) in [6.45, 7) is 0.590. The highest BCUT2D eigenvalue weighted by Crippen LogP contribution is 2.11. The van der Waals surface area contributed by atoms with Crippen molar-refractivity contribution in [3.05, 3.63) is 34.9 Å². The standard InChI is InChI=1S/C11H13Cl2NO/c1-14(11(15)6-7-12)8-9-2-4-10(13)5-3-9/h2-5H,6-8H2,1H3. The van der Waals surface area contributed by atoms with Crippen molar-refractivity contribution in [2.75, 3.05) is 12.9 Å². The summed E-state index contributed by atoms with van der Waals surface area (Å²) < 4.78 is 0. The van der Waals surface area contributed by atoms with Crippen LogP contribution < -0.4 is 0 Å². The average molecular weight is 246 g/mol. The molecular formula is C11H13Cl2NO. The number of hydrogen-bond donors (Lipinski definition) is 0. The second-order valence-corrected chi connectivity index (χ2v) is 4.13. The second kappa shape index (κ2) is 5.99. The van der Waals surface area contributed by atoms with Gasteiger partial charge < -0.3 is 4.90 Å². The number of amides is 1. The molecule has 1 aromatic carbocycles. The van der Waals surface area contributed by atoms with E-state index in [1.54, 1.807) is 11.9 Å². The summed E-state index contributed by atoms with van der Waals surface area (Å²) in [4.78, 5) is 13.1. The molecule has 15 heavy (non-hydrogen) atoms. The molecule has 0 aliphatic heterocycles. The van der Waals surface area contributed by atoms with Crippen LogP contribution in [-0.2, 0) is 11.3 Å². The van der Waals surface area contributed by atoms with Gasteiger partial charge in [-0.2, -0.15) is 0 Å². The first-order chi connectivity index (χ1) is 7.13. The molecule has 0 unspecified atom stereocenters. The maximum atomic E-state index is 11.4. The number of halogens is 2. The fourth-order valence-electron chi connectivity index (χ4n) is 1.22. The van der Waals surface area contributed by atoms with Crippen molar-refractivity contribution >= 4 is 29.1 Å². The number of hydrogen-bond acceptors (Lipinski definition) is 1. The summed E-state index contributed by atoms with van der Waals surface area (Å²) in [5, 5.41) is 0.702. The molecule has 0 fully saturated rings. The first-order valence-electron chi connectivity index (χ1n) is 4.68. The third-order valence-electron chi connectivity index (χ3n) is 2.07. The summed E-state index contributed by atoms with van der Waals surface area (Å²) in [6.07, 6.45) is 0.381. The van der Waals surface area contributed by atoms with Crippen LogP contribution in [0.25, 0.3) is 0 Å². The molecule has 0 atom stereocenters. The van der Waals surface area contributed by atoms with Crippen LogP contribution in [0.1, 0.15) is 12.0 Å². The zero-order valence-electron chi connectivity index (χ0n) is 8.54. The van der Waals surface area contributed by atoms with Gasteiger partial charge in [-0.15, -0.1) is 11.6 Å². The van der Waals surface area contributed by atoms with Crippen LogP contribution in [0.4, 0.5) is 0 Å². The van der Waals surface area contributed by atoms with Gasteiger partial charge in [-0.05, 0) is 17.7 Å². The Balaban J connectivity index is 2.54. The molecule has 1 amide bonds. The quantitative estimate of drug-likeness (QED) is 0.748. The number of rotatable bonds is 4. The maximum Gasteiger partial charge on any atom is 0.223 e. The Morgan fingerprint density at radius 2 is 1.93 bits per heavy atom. The van der Waals surface area contributed by atoms with Gasteiger partial charge in [0.1, 0.15) is 0 Å². The zero-order chi connectivity index (χ0) is 11.3. The molecule has 0 aliphatic carbocycles. The maximum absolute atomic E-state index is 11.4. The van der Waals surface area contributed by atoms with Crippen LogP contribution in [-0.4, -0.2) is 23.7 Å². The molecule has 0 aliphatic rings. The number of benzene rings is 1. The molecule has 0 radical (unpaired) electrons. The number of carbonyl (C=O) groups is 1. The molecule has 0 heterocycles. The van der Waals surface area contributed by atoms with E-state index < -0.39 is 0 Å². The molecule has 0 N–H and O–H groups in total. The van der Waals surface area contributed by atoms with E-state index in [0.29, 0.717) is 23.9 Å². The number of carbonyl (C=O) groups excluding carboxylic acids is 1. The predicted octanol–water partition coefficient (Wildman–Crippen LogP) is 2.93. The van der Waals surface area contributed by atoms with Crippen molar-refractivity contribution < 1.29 is 4.79 Å². The van der Waals surface area contributed by atoms with Crippen LogP contribution in [0.5, 0.6) is 0 Å². The van der Waals surface area contributed by atoms with Crippen LogP contribution in [0.3, 0.4) is 0 Å². The molecule has 0 aromatic heterocycles. The Bertz CT molecular complexity index is 324. The SMILES string of the molecule is CN(Cc1ccc(Cl)cc1)C(=O)CCCl. The van der Waals surface area contributed by atoms with Crippen LogP contribution >= 0.6 is 23.2 Å². The van der Waals surface area contributed by atoms with Crippen molar-refractivity contribution in [3.63, 3.8) is 0 Å². The molecule has 1 rings (SSSR count). The largest absolute Gasteiger partial charge is 0.341 e. The summed E-state index contributed by atoms with van der Waals surface area (Å²) in [7, 11) is 1.77. The summed E-state index contributed by atoms with van der Waals surface area (Å²) in [5.74, 6) is 0.420. The fraction of sp³-hybridized carbons (Fsp3) is 0.364. The van der Waals surface area contributed by atoms with Crippen molar-refractivity contribution in [1.29, 1.82) is 0 Å². The lowest BCUT2D eigenvalue weighted by Crippen LogP contribution is -2.26. The minimum absolute atomic E-state index is 0.0555. The van der Waals surface area contributed by atoms with Crippen molar-refractivity contribution in [1.82, 2.24) is 4.90 Å². The molecular weight excluding hydrogens is 233 g/mol. The Morgan fingerprint density at radius 3 is 2.47 bits per heavy atom. The van der Waals surface area contributed by atoms with Crippen LogP contribution in [0, 0.1) is 0 Å². The highest BCUT2D eigenvalue weighted by Gasteiger charge is 2.07. The zero-order valence-corrected chi connectivity index (χ0v) is 10.1. The molecule has 0 spiro atoms. The lowest BCUT2D eigenvalue weighted by molar-refractivity contribution is -0.129. The number of nitrogens with zero attached hydrogens (tertiary/aromatic N) is 1. The van der Waals surface area contributed by atoms with E-state index in [9.17, 15) is 4.79 Å². The molecule has 1 aromatic rings. The van der Waals surface area contributed by atoms with E-state index in [2.05, 4.69) is 0 Å². The van der Waals surface area contributed by atoms with Crippen molar-refractivity contribution in [3.8, 4) is 0 Å². The van der Waals surface area contributed by atoms with Gasteiger partial charge in [0.2, 0.25) is 5.91 Å². The molecule has 82 valence electrons. The molecule has 2 nitrogen and oxygen atoms in total.